The zero-order valence-electron chi connectivity index (χ0n) is 17.2. The van der Waals surface area contributed by atoms with Gasteiger partial charge in [0, 0.05) is 0 Å². The van der Waals surface area contributed by atoms with Gasteiger partial charge in [-0.3, -0.25) is 4.79 Å². The first-order valence-corrected chi connectivity index (χ1v) is 9.52. The molecule has 3 rings (SSSR count). The molecular formula is C22H21FN2O6. The second kappa shape index (κ2) is 8.65. The van der Waals surface area contributed by atoms with Crippen molar-refractivity contribution in [1.29, 1.82) is 0 Å². The van der Waals surface area contributed by atoms with Gasteiger partial charge in [-0.15, -0.1) is 0 Å². The van der Waals surface area contributed by atoms with E-state index in [1.165, 1.54) is 38.1 Å². The number of halogens is 1. The molecule has 0 radical (unpaired) electrons. The predicted molar refractivity (Wildman–Crippen MR) is 108 cm³/mol. The Morgan fingerprint density at radius 2 is 1.90 bits per heavy atom. The van der Waals surface area contributed by atoms with Gasteiger partial charge in [0.15, 0.2) is 5.75 Å². The summed E-state index contributed by atoms with van der Waals surface area (Å²) < 4.78 is 24.7. The van der Waals surface area contributed by atoms with Crippen molar-refractivity contribution in [2.24, 2.45) is 0 Å². The van der Waals surface area contributed by atoms with Crippen molar-refractivity contribution in [3.63, 3.8) is 0 Å². The van der Waals surface area contributed by atoms with Crippen LogP contribution in [0.15, 0.2) is 40.9 Å². The van der Waals surface area contributed by atoms with Crippen LogP contribution in [0.1, 0.15) is 43.1 Å². The SMILES string of the molecule is CCc1ccc(C(=O)O)c(OC(=O)CC(C)(C)O)c1-c1noc(-c2ccccc2F)n1. The first kappa shape index (κ1) is 22.1. The van der Waals surface area contributed by atoms with Crippen molar-refractivity contribution in [2.75, 3.05) is 0 Å². The maximum atomic E-state index is 14.1. The summed E-state index contributed by atoms with van der Waals surface area (Å²) >= 11 is 0. The molecule has 162 valence electrons. The maximum Gasteiger partial charge on any atom is 0.339 e. The number of rotatable bonds is 7. The fourth-order valence-electron chi connectivity index (χ4n) is 3.01. The van der Waals surface area contributed by atoms with E-state index in [0.29, 0.717) is 12.0 Å². The third kappa shape index (κ3) is 4.95. The predicted octanol–water partition coefficient (Wildman–Crippen LogP) is 3.87. The van der Waals surface area contributed by atoms with Crippen molar-refractivity contribution in [2.45, 2.75) is 39.2 Å². The lowest BCUT2D eigenvalue weighted by Gasteiger charge is -2.18. The Kier molecular flexibility index (Phi) is 6.16. The monoisotopic (exact) mass is 428 g/mol. The number of aliphatic hydroxyl groups is 1. The van der Waals surface area contributed by atoms with E-state index in [1.807, 2.05) is 6.92 Å². The highest BCUT2D eigenvalue weighted by Crippen LogP contribution is 2.37. The third-order valence-electron chi connectivity index (χ3n) is 4.40. The highest BCUT2D eigenvalue weighted by molar-refractivity contribution is 5.96. The van der Waals surface area contributed by atoms with Crippen LogP contribution in [0.4, 0.5) is 4.39 Å². The van der Waals surface area contributed by atoms with Gasteiger partial charge in [-0.2, -0.15) is 4.98 Å². The molecule has 0 aliphatic rings. The minimum atomic E-state index is -1.35. The van der Waals surface area contributed by atoms with Gasteiger partial charge in [0.1, 0.15) is 11.4 Å². The summed E-state index contributed by atoms with van der Waals surface area (Å²) in [5.74, 6) is -3.14. The van der Waals surface area contributed by atoms with Crippen molar-refractivity contribution >= 4 is 11.9 Å². The standard InChI is InChI=1S/C22H21FN2O6/c1-4-12-9-10-14(21(27)28)18(30-16(26)11-22(2,3)29)17(12)19-24-20(31-25-19)13-7-5-6-8-15(13)23/h5-10,29H,4,11H2,1-3H3,(H,27,28). The minimum Gasteiger partial charge on any atom is -0.478 e. The molecule has 8 nitrogen and oxygen atoms in total. The molecule has 2 N–H and O–H groups in total. The second-order valence-electron chi connectivity index (χ2n) is 7.50. The Labute approximate surface area is 177 Å². The number of carbonyl (C=O) groups is 2. The molecule has 0 fully saturated rings. The van der Waals surface area contributed by atoms with Gasteiger partial charge in [0.05, 0.1) is 23.1 Å². The van der Waals surface area contributed by atoms with Crippen LogP contribution in [0.3, 0.4) is 0 Å². The summed E-state index contributed by atoms with van der Waals surface area (Å²) in [7, 11) is 0. The summed E-state index contributed by atoms with van der Waals surface area (Å²) in [5.41, 5.74) is -0.815. The number of nitrogens with zero attached hydrogens (tertiary/aromatic N) is 2. The van der Waals surface area contributed by atoms with Gasteiger partial charge in [-0.05, 0) is 44.0 Å². The third-order valence-corrected chi connectivity index (χ3v) is 4.40. The van der Waals surface area contributed by atoms with Crippen LogP contribution < -0.4 is 4.74 Å². The van der Waals surface area contributed by atoms with E-state index in [1.54, 1.807) is 12.1 Å². The Bertz CT molecular complexity index is 1130. The molecular weight excluding hydrogens is 407 g/mol. The lowest BCUT2D eigenvalue weighted by atomic mass is 9.99. The summed E-state index contributed by atoms with van der Waals surface area (Å²) in [5, 5.41) is 23.4. The summed E-state index contributed by atoms with van der Waals surface area (Å²) in [6.07, 6.45) is 0.0728. The molecule has 0 spiro atoms. The van der Waals surface area contributed by atoms with Gasteiger partial charge in [0.25, 0.3) is 5.89 Å². The molecule has 0 bridgehead atoms. The van der Waals surface area contributed by atoms with E-state index in [4.69, 9.17) is 9.26 Å². The molecule has 0 aliphatic carbocycles. The quantitative estimate of drug-likeness (QED) is 0.429. The molecule has 2 aromatic carbocycles. The van der Waals surface area contributed by atoms with E-state index in [-0.39, 0.29) is 40.6 Å². The number of carboxylic acids is 1. The number of aromatic nitrogens is 2. The normalized spacial score (nSPS) is 11.4. The van der Waals surface area contributed by atoms with Gasteiger partial charge >= 0.3 is 11.9 Å². The summed E-state index contributed by atoms with van der Waals surface area (Å²) in [4.78, 5) is 28.4. The van der Waals surface area contributed by atoms with Crippen LogP contribution in [-0.4, -0.2) is 37.9 Å². The van der Waals surface area contributed by atoms with E-state index in [9.17, 15) is 24.2 Å². The van der Waals surface area contributed by atoms with E-state index >= 15 is 0 Å². The summed E-state index contributed by atoms with van der Waals surface area (Å²) in [6, 6.07) is 8.70. The fraction of sp³-hybridized carbons (Fsp3) is 0.273. The smallest absolute Gasteiger partial charge is 0.339 e. The van der Waals surface area contributed by atoms with Crippen molar-refractivity contribution in [3.05, 3.63) is 53.3 Å². The van der Waals surface area contributed by atoms with Crippen LogP contribution >= 0.6 is 0 Å². The topological polar surface area (TPSA) is 123 Å². The fourth-order valence-corrected chi connectivity index (χ4v) is 3.01. The number of ether oxygens (including phenoxy) is 1. The van der Waals surface area contributed by atoms with Crippen LogP contribution in [0.5, 0.6) is 5.75 Å². The van der Waals surface area contributed by atoms with Gasteiger partial charge in [0.2, 0.25) is 5.82 Å². The zero-order chi connectivity index (χ0) is 22.8. The first-order chi connectivity index (χ1) is 14.6. The Morgan fingerprint density at radius 3 is 2.52 bits per heavy atom. The maximum absolute atomic E-state index is 14.1. The Balaban J connectivity index is 2.15. The molecule has 0 atom stereocenters. The highest BCUT2D eigenvalue weighted by atomic mass is 19.1. The van der Waals surface area contributed by atoms with Crippen LogP contribution in [0.25, 0.3) is 22.8 Å². The number of benzene rings is 2. The lowest BCUT2D eigenvalue weighted by Crippen LogP contribution is -2.26. The van der Waals surface area contributed by atoms with Gasteiger partial charge in [-0.25, -0.2) is 9.18 Å². The molecule has 31 heavy (non-hydrogen) atoms. The average Bonchev–Trinajstić information content (AvgIpc) is 3.15. The number of esters is 1. The van der Waals surface area contributed by atoms with E-state index < -0.39 is 23.4 Å². The zero-order valence-corrected chi connectivity index (χ0v) is 17.2. The van der Waals surface area contributed by atoms with Crippen molar-refractivity contribution in [1.82, 2.24) is 10.1 Å². The number of carbonyl (C=O) groups excluding carboxylic acids is 1. The second-order valence-corrected chi connectivity index (χ2v) is 7.50. The molecule has 0 aliphatic heterocycles. The Hall–Kier alpha value is -3.59. The van der Waals surface area contributed by atoms with Crippen LogP contribution in [0.2, 0.25) is 0 Å². The highest BCUT2D eigenvalue weighted by Gasteiger charge is 2.28. The molecule has 0 amide bonds. The molecule has 1 aromatic heterocycles. The van der Waals surface area contributed by atoms with Gasteiger partial charge in [-0.1, -0.05) is 30.3 Å². The van der Waals surface area contributed by atoms with Gasteiger partial charge < -0.3 is 19.5 Å². The minimum absolute atomic E-state index is 0.0516. The van der Waals surface area contributed by atoms with Crippen molar-refractivity contribution < 1.29 is 33.5 Å². The van der Waals surface area contributed by atoms with Crippen LogP contribution in [0, 0.1) is 5.82 Å². The van der Waals surface area contributed by atoms with Crippen molar-refractivity contribution in [3.8, 4) is 28.6 Å². The van der Waals surface area contributed by atoms with E-state index in [2.05, 4.69) is 10.1 Å². The molecule has 0 unspecified atom stereocenters. The largest absolute Gasteiger partial charge is 0.478 e. The number of aryl methyl sites for hydroxylation is 1. The number of carboxylic acid groups (broad SMARTS) is 1. The number of aromatic carboxylic acids is 1. The first-order valence-electron chi connectivity index (χ1n) is 9.52. The molecule has 9 heteroatoms. The molecule has 1 heterocycles. The van der Waals surface area contributed by atoms with Crippen LogP contribution in [-0.2, 0) is 11.2 Å². The lowest BCUT2D eigenvalue weighted by molar-refractivity contribution is -0.138. The molecule has 0 saturated carbocycles. The average molecular weight is 428 g/mol. The van der Waals surface area contributed by atoms with E-state index in [0.717, 1.165) is 0 Å². The number of hydrogen-bond donors (Lipinski definition) is 2. The summed E-state index contributed by atoms with van der Waals surface area (Å²) in [6.45, 7) is 4.67. The molecule has 0 saturated heterocycles. The Morgan fingerprint density at radius 1 is 1.19 bits per heavy atom. The molecule has 3 aromatic rings. The number of hydrogen-bond acceptors (Lipinski definition) is 7.